The van der Waals surface area contributed by atoms with Crippen LogP contribution in [0.25, 0.3) is 5.52 Å². The molecule has 2 aromatic rings. The van der Waals surface area contributed by atoms with Crippen molar-refractivity contribution < 1.29 is 0 Å². The van der Waals surface area contributed by atoms with Gasteiger partial charge < -0.3 is 5.32 Å². The quantitative estimate of drug-likeness (QED) is 0.880. The zero-order valence-electron chi connectivity index (χ0n) is 11.6. The fourth-order valence-corrected chi connectivity index (χ4v) is 1.77. The van der Waals surface area contributed by atoms with Gasteiger partial charge in [0.05, 0.1) is 5.69 Å². The molecule has 2 aromatic heterocycles. The molecule has 1 atom stereocenters. The Balaban J connectivity index is 2.27. The van der Waals surface area contributed by atoms with Gasteiger partial charge in [-0.25, -0.2) is 9.50 Å². The lowest BCUT2D eigenvalue weighted by molar-refractivity contribution is 0.592. The maximum atomic E-state index is 4.56. The number of aromatic nitrogens is 3. The van der Waals surface area contributed by atoms with Crippen LogP contribution in [0.2, 0.25) is 0 Å². The third-order valence-corrected chi connectivity index (χ3v) is 3.32. The van der Waals surface area contributed by atoms with Crippen LogP contribution in [0.3, 0.4) is 0 Å². The molecule has 0 fully saturated rings. The fourth-order valence-electron chi connectivity index (χ4n) is 1.77. The highest BCUT2D eigenvalue weighted by Crippen LogP contribution is 2.20. The van der Waals surface area contributed by atoms with Crippen LogP contribution < -0.4 is 5.32 Å². The molecule has 0 saturated heterocycles. The Morgan fingerprint density at radius 2 is 2.11 bits per heavy atom. The average Bonchev–Trinajstić information content (AvgIpc) is 2.80. The number of fused-ring (bicyclic) bond motifs is 1. The maximum Gasteiger partial charge on any atom is 0.152 e. The summed E-state index contributed by atoms with van der Waals surface area (Å²) in [6.07, 6.45) is 4.87. The van der Waals surface area contributed by atoms with E-state index in [1.54, 1.807) is 6.20 Å². The van der Waals surface area contributed by atoms with Gasteiger partial charge in [-0.05, 0) is 17.9 Å². The summed E-state index contributed by atoms with van der Waals surface area (Å²) < 4.78 is 1.90. The molecule has 2 heterocycles. The molecule has 98 valence electrons. The summed E-state index contributed by atoms with van der Waals surface area (Å²) in [5.41, 5.74) is 2.17. The Hall–Kier alpha value is -1.58. The second-order valence-corrected chi connectivity index (χ2v) is 5.22. The van der Waals surface area contributed by atoms with Gasteiger partial charge in [-0.2, -0.15) is 5.10 Å². The lowest BCUT2D eigenvalue weighted by atomic mass is 10.1. The molecule has 0 aliphatic rings. The molecule has 0 amide bonds. The van der Waals surface area contributed by atoms with Crippen molar-refractivity contribution >= 4 is 11.3 Å². The van der Waals surface area contributed by atoms with Gasteiger partial charge in [-0.1, -0.05) is 34.1 Å². The lowest BCUT2D eigenvalue weighted by Crippen LogP contribution is -2.12. The van der Waals surface area contributed by atoms with E-state index < -0.39 is 0 Å². The summed E-state index contributed by atoms with van der Waals surface area (Å²) in [4.78, 5) is 4.41. The van der Waals surface area contributed by atoms with Crippen LogP contribution in [0.15, 0.2) is 18.5 Å². The molecule has 0 saturated carbocycles. The van der Waals surface area contributed by atoms with Crippen LogP contribution in [0.4, 0.5) is 5.82 Å². The zero-order chi connectivity index (χ0) is 13.1. The van der Waals surface area contributed by atoms with Crippen LogP contribution in [0, 0.1) is 5.92 Å². The largest absolute Gasteiger partial charge is 0.368 e. The molecule has 0 aliphatic heterocycles. The summed E-state index contributed by atoms with van der Waals surface area (Å²) in [6.45, 7) is 9.70. The number of hydrogen-bond donors (Lipinski definition) is 1. The Bertz CT molecular complexity index is 515. The standard InChI is InChI=1S/C14H22N4/c1-5-11(4)9-16-14-13-8-12(10(2)3)17-18(13)7-6-15-14/h6-8,10-11H,5,9H2,1-4H3,(H,15,16). The molecule has 0 spiro atoms. The second kappa shape index (κ2) is 5.38. The number of anilines is 1. The van der Waals surface area contributed by atoms with Crippen LogP contribution in [0.1, 0.15) is 45.7 Å². The van der Waals surface area contributed by atoms with Crippen molar-refractivity contribution in [2.75, 3.05) is 11.9 Å². The molecular weight excluding hydrogens is 224 g/mol. The van der Waals surface area contributed by atoms with E-state index in [1.165, 1.54) is 6.42 Å². The first-order valence-corrected chi connectivity index (χ1v) is 6.70. The van der Waals surface area contributed by atoms with E-state index in [4.69, 9.17) is 0 Å². The molecule has 1 N–H and O–H groups in total. The monoisotopic (exact) mass is 246 g/mol. The average molecular weight is 246 g/mol. The third-order valence-electron chi connectivity index (χ3n) is 3.32. The fraction of sp³-hybridized carbons (Fsp3) is 0.571. The Morgan fingerprint density at radius 1 is 1.33 bits per heavy atom. The van der Waals surface area contributed by atoms with E-state index in [0.29, 0.717) is 11.8 Å². The maximum absolute atomic E-state index is 4.56. The van der Waals surface area contributed by atoms with Crippen LogP contribution in [-0.4, -0.2) is 21.1 Å². The molecule has 0 aromatic carbocycles. The summed E-state index contributed by atoms with van der Waals surface area (Å²) in [7, 11) is 0. The minimum absolute atomic E-state index is 0.437. The van der Waals surface area contributed by atoms with Gasteiger partial charge in [0.1, 0.15) is 5.52 Å². The van der Waals surface area contributed by atoms with Crippen molar-refractivity contribution in [3.05, 3.63) is 24.2 Å². The topological polar surface area (TPSA) is 42.2 Å². The highest BCUT2D eigenvalue weighted by atomic mass is 15.2. The van der Waals surface area contributed by atoms with Gasteiger partial charge in [0, 0.05) is 18.9 Å². The first-order valence-electron chi connectivity index (χ1n) is 6.70. The lowest BCUT2D eigenvalue weighted by Gasteiger charge is -2.11. The van der Waals surface area contributed by atoms with Crippen molar-refractivity contribution in [2.24, 2.45) is 5.92 Å². The van der Waals surface area contributed by atoms with Gasteiger partial charge in [0.25, 0.3) is 0 Å². The summed E-state index contributed by atoms with van der Waals surface area (Å²) >= 11 is 0. The van der Waals surface area contributed by atoms with Gasteiger partial charge >= 0.3 is 0 Å². The first-order chi connectivity index (χ1) is 8.61. The van der Waals surface area contributed by atoms with Crippen molar-refractivity contribution in [3.63, 3.8) is 0 Å². The van der Waals surface area contributed by atoms with E-state index in [9.17, 15) is 0 Å². The second-order valence-electron chi connectivity index (χ2n) is 5.22. The molecule has 1 unspecified atom stereocenters. The Morgan fingerprint density at radius 3 is 2.78 bits per heavy atom. The van der Waals surface area contributed by atoms with E-state index in [-0.39, 0.29) is 0 Å². The van der Waals surface area contributed by atoms with Crippen LogP contribution in [0.5, 0.6) is 0 Å². The van der Waals surface area contributed by atoms with Gasteiger partial charge in [0.2, 0.25) is 0 Å². The number of rotatable bonds is 5. The SMILES string of the molecule is CCC(C)CNc1nccn2nc(C(C)C)cc12. The minimum atomic E-state index is 0.437. The summed E-state index contributed by atoms with van der Waals surface area (Å²) in [5.74, 6) is 2.02. The smallest absolute Gasteiger partial charge is 0.152 e. The molecule has 0 bridgehead atoms. The normalized spacial score (nSPS) is 13.2. The van der Waals surface area contributed by atoms with Crippen LogP contribution >= 0.6 is 0 Å². The number of nitrogens with zero attached hydrogens (tertiary/aromatic N) is 3. The Kier molecular flexibility index (Phi) is 3.84. The minimum Gasteiger partial charge on any atom is -0.368 e. The Labute approximate surface area is 108 Å². The van der Waals surface area contributed by atoms with E-state index in [2.05, 4.69) is 49.2 Å². The molecular formula is C14H22N4. The molecule has 0 aliphatic carbocycles. The van der Waals surface area contributed by atoms with Gasteiger partial charge in [0.15, 0.2) is 5.82 Å². The van der Waals surface area contributed by atoms with E-state index in [1.807, 2.05) is 10.7 Å². The van der Waals surface area contributed by atoms with Crippen molar-refractivity contribution in [3.8, 4) is 0 Å². The molecule has 4 heteroatoms. The zero-order valence-corrected chi connectivity index (χ0v) is 11.6. The molecule has 18 heavy (non-hydrogen) atoms. The van der Waals surface area contributed by atoms with Crippen molar-refractivity contribution in [2.45, 2.75) is 40.0 Å². The van der Waals surface area contributed by atoms with E-state index in [0.717, 1.165) is 23.6 Å². The third kappa shape index (κ3) is 2.63. The van der Waals surface area contributed by atoms with Gasteiger partial charge in [-0.3, -0.25) is 0 Å². The number of nitrogens with one attached hydrogen (secondary N) is 1. The van der Waals surface area contributed by atoms with Crippen molar-refractivity contribution in [1.82, 2.24) is 14.6 Å². The summed E-state index contributed by atoms with van der Waals surface area (Å²) in [6, 6.07) is 2.12. The first kappa shape index (κ1) is 12.9. The molecule has 4 nitrogen and oxygen atoms in total. The van der Waals surface area contributed by atoms with Gasteiger partial charge in [-0.15, -0.1) is 0 Å². The summed E-state index contributed by atoms with van der Waals surface area (Å²) in [5, 5.41) is 7.98. The highest BCUT2D eigenvalue weighted by Gasteiger charge is 2.10. The van der Waals surface area contributed by atoms with Crippen LogP contribution in [-0.2, 0) is 0 Å². The predicted octanol–water partition coefficient (Wildman–Crippen LogP) is 3.31. The molecule has 0 radical (unpaired) electrons. The highest BCUT2D eigenvalue weighted by molar-refractivity contribution is 5.67. The van der Waals surface area contributed by atoms with Crippen molar-refractivity contribution in [1.29, 1.82) is 0 Å². The van der Waals surface area contributed by atoms with E-state index >= 15 is 0 Å². The number of hydrogen-bond acceptors (Lipinski definition) is 3. The molecule has 2 rings (SSSR count). The predicted molar refractivity (Wildman–Crippen MR) is 75.0 cm³/mol.